The summed E-state index contributed by atoms with van der Waals surface area (Å²) < 4.78 is 0. The first-order chi connectivity index (χ1) is 9.83. The van der Waals surface area contributed by atoms with Crippen LogP contribution in [-0.2, 0) is 0 Å². The Bertz CT molecular complexity index is 693. The van der Waals surface area contributed by atoms with Gasteiger partial charge in [-0.1, -0.05) is 30.3 Å². The van der Waals surface area contributed by atoms with Gasteiger partial charge in [0.1, 0.15) is 12.1 Å². The molecule has 0 amide bonds. The minimum absolute atomic E-state index is 0.490. The van der Waals surface area contributed by atoms with Crippen molar-refractivity contribution < 1.29 is 0 Å². The fraction of sp³-hybridized carbons (Fsp3) is 0. The van der Waals surface area contributed by atoms with Crippen molar-refractivity contribution in [3.63, 3.8) is 0 Å². The maximum atomic E-state index is 5.85. The summed E-state index contributed by atoms with van der Waals surface area (Å²) in [5.41, 5.74) is 9.78. The van der Waals surface area contributed by atoms with Crippen molar-refractivity contribution >= 4 is 17.2 Å². The van der Waals surface area contributed by atoms with E-state index in [1.807, 2.05) is 54.6 Å². The van der Waals surface area contributed by atoms with Gasteiger partial charge in [0.2, 0.25) is 0 Å². The van der Waals surface area contributed by atoms with E-state index < -0.39 is 0 Å². The summed E-state index contributed by atoms with van der Waals surface area (Å²) >= 11 is 0. The van der Waals surface area contributed by atoms with Gasteiger partial charge in [-0.25, -0.2) is 9.97 Å². The molecule has 0 unspecified atom stereocenters. The van der Waals surface area contributed by atoms with Gasteiger partial charge in [-0.05, 0) is 29.8 Å². The molecular weight excluding hydrogens is 248 g/mol. The monoisotopic (exact) mass is 262 g/mol. The normalized spacial score (nSPS) is 10.2. The fourth-order valence-corrected chi connectivity index (χ4v) is 1.98. The second-order valence-electron chi connectivity index (χ2n) is 4.39. The molecule has 0 fully saturated rings. The van der Waals surface area contributed by atoms with Gasteiger partial charge < -0.3 is 11.1 Å². The van der Waals surface area contributed by atoms with Gasteiger partial charge in [-0.2, -0.15) is 0 Å². The first-order valence-corrected chi connectivity index (χ1v) is 6.31. The number of nitrogens with two attached hydrogens (primary N) is 1. The summed E-state index contributed by atoms with van der Waals surface area (Å²) in [6.07, 6.45) is 3.17. The van der Waals surface area contributed by atoms with Crippen LogP contribution in [0, 0.1) is 0 Å². The molecule has 0 saturated heterocycles. The van der Waals surface area contributed by atoms with Crippen LogP contribution in [0.25, 0.3) is 11.1 Å². The number of benzene rings is 2. The predicted molar refractivity (Wildman–Crippen MR) is 81.6 cm³/mol. The van der Waals surface area contributed by atoms with E-state index in [-0.39, 0.29) is 0 Å². The molecule has 0 radical (unpaired) electrons. The topological polar surface area (TPSA) is 63.8 Å². The number of anilines is 3. The van der Waals surface area contributed by atoms with Crippen molar-refractivity contribution in [2.45, 2.75) is 0 Å². The highest BCUT2D eigenvalue weighted by atomic mass is 14.9. The number of nitrogens with one attached hydrogen (secondary N) is 1. The molecule has 20 heavy (non-hydrogen) atoms. The van der Waals surface area contributed by atoms with E-state index in [1.165, 1.54) is 6.33 Å². The summed E-state index contributed by atoms with van der Waals surface area (Å²) in [7, 11) is 0. The molecule has 2 aromatic carbocycles. The highest BCUT2D eigenvalue weighted by molar-refractivity contribution is 5.74. The van der Waals surface area contributed by atoms with Crippen molar-refractivity contribution in [2.24, 2.45) is 0 Å². The number of aromatic nitrogens is 2. The maximum Gasteiger partial charge on any atom is 0.134 e. The Morgan fingerprint density at radius 2 is 1.55 bits per heavy atom. The van der Waals surface area contributed by atoms with Crippen LogP contribution < -0.4 is 11.1 Å². The van der Waals surface area contributed by atoms with Crippen LogP contribution in [0.4, 0.5) is 17.2 Å². The number of hydrogen-bond acceptors (Lipinski definition) is 4. The average molecular weight is 262 g/mol. The molecule has 3 N–H and O–H groups in total. The van der Waals surface area contributed by atoms with Crippen LogP contribution in [0.5, 0.6) is 0 Å². The molecule has 1 heterocycles. The molecular formula is C16H14N4. The van der Waals surface area contributed by atoms with Gasteiger partial charge in [0.15, 0.2) is 0 Å². The minimum atomic E-state index is 0.490. The second-order valence-corrected chi connectivity index (χ2v) is 4.39. The van der Waals surface area contributed by atoms with Crippen LogP contribution in [-0.4, -0.2) is 9.97 Å². The standard InChI is InChI=1S/C16H14N4/c17-16-15(10-18-11-19-16)12-6-8-14(9-7-12)20-13-4-2-1-3-5-13/h1-11,20H,(H2,17,18,19). The van der Waals surface area contributed by atoms with Crippen LogP contribution >= 0.6 is 0 Å². The smallest absolute Gasteiger partial charge is 0.134 e. The zero-order valence-electron chi connectivity index (χ0n) is 10.8. The minimum Gasteiger partial charge on any atom is -0.383 e. The van der Waals surface area contributed by atoms with Gasteiger partial charge in [-0.3, -0.25) is 0 Å². The van der Waals surface area contributed by atoms with Crippen LogP contribution in [0.3, 0.4) is 0 Å². The lowest BCUT2D eigenvalue weighted by Gasteiger charge is -2.08. The van der Waals surface area contributed by atoms with Gasteiger partial charge in [0.25, 0.3) is 0 Å². The molecule has 3 rings (SSSR count). The second kappa shape index (κ2) is 5.40. The number of para-hydroxylation sites is 1. The van der Waals surface area contributed by atoms with E-state index in [0.717, 1.165) is 22.5 Å². The van der Waals surface area contributed by atoms with Gasteiger partial charge >= 0.3 is 0 Å². The molecule has 0 aliphatic rings. The van der Waals surface area contributed by atoms with Crippen molar-refractivity contribution in [2.75, 3.05) is 11.1 Å². The highest BCUT2D eigenvalue weighted by Gasteiger charge is 2.03. The first kappa shape index (κ1) is 12.2. The van der Waals surface area contributed by atoms with E-state index in [0.29, 0.717) is 5.82 Å². The molecule has 3 aromatic rings. The molecule has 0 saturated carbocycles. The summed E-state index contributed by atoms with van der Waals surface area (Å²) in [5.74, 6) is 0.490. The number of rotatable bonds is 3. The third-order valence-electron chi connectivity index (χ3n) is 3.00. The van der Waals surface area contributed by atoms with E-state index in [4.69, 9.17) is 5.73 Å². The molecule has 0 bridgehead atoms. The summed E-state index contributed by atoms with van der Waals surface area (Å²) in [5, 5.41) is 3.33. The summed E-state index contributed by atoms with van der Waals surface area (Å²) in [6.45, 7) is 0. The zero-order valence-corrected chi connectivity index (χ0v) is 10.8. The SMILES string of the molecule is Nc1ncncc1-c1ccc(Nc2ccccc2)cc1. The van der Waals surface area contributed by atoms with Crippen molar-refractivity contribution in [1.29, 1.82) is 0 Å². The van der Waals surface area contributed by atoms with E-state index in [2.05, 4.69) is 15.3 Å². The van der Waals surface area contributed by atoms with Crippen LogP contribution in [0.15, 0.2) is 67.1 Å². The molecule has 0 aliphatic carbocycles. The Balaban J connectivity index is 1.83. The lowest BCUT2D eigenvalue weighted by molar-refractivity contribution is 1.18. The van der Waals surface area contributed by atoms with Crippen LogP contribution in [0.1, 0.15) is 0 Å². The molecule has 4 heteroatoms. The third kappa shape index (κ3) is 2.59. The van der Waals surface area contributed by atoms with Gasteiger partial charge in [0.05, 0.1) is 0 Å². The predicted octanol–water partition coefficient (Wildman–Crippen LogP) is 3.47. The summed E-state index contributed by atoms with van der Waals surface area (Å²) in [4.78, 5) is 8.00. The third-order valence-corrected chi connectivity index (χ3v) is 3.00. The van der Waals surface area contributed by atoms with E-state index >= 15 is 0 Å². The molecule has 0 atom stereocenters. The quantitative estimate of drug-likeness (QED) is 0.758. The Kier molecular flexibility index (Phi) is 3.29. The van der Waals surface area contributed by atoms with Gasteiger partial charge in [0, 0.05) is 23.1 Å². The fourth-order valence-electron chi connectivity index (χ4n) is 1.98. The molecule has 4 nitrogen and oxygen atoms in total. The molecule has 1 aromatic heterocycles. The Morgan fingerprint density at radius 1 is 0.850 bits per heavy atom. The van der Waals surface area contributed by atoms with E-state index in [1.54, 1.807) is 6.20 Å². The highest BCUT2D eigenvalue weighted by Crippen LogP contribution is 2.25. The summed E-state index contributed by atoms with van der Waals surface area (Å²) in [6, 6.07) is 18.1. The Morgan fingerprint density at radius 3 is 2.25 bits per heavy atom. The van der Waals surface area contributed by atoms with Gasteiger partial charge in [-0.15, -0.1) is 0 Å². The zero-order chi connectivity index (χ0) is 13.8. The van der Waals surface area contributed by atoms with Crippen molar-refractivity contribution in [1.82, 2.24) is 9.97 Å². The largest absolute Gasteiger partial charge is 0.383 e. The molecule has 0 spiro atoms. The van der Waals surface area contributed by atoms with Crippen LogP contribution in [0.2, 0.25) is 0 Å². The lowest BCUT2D eigenvalue weighted by atomic mass is 10.1. The lowest BCUT2D eigenvalue weighted by Crippen LogP contribution is -1.95. The number of hydrogen-bond donors (Lipinski definition) is 2. The van der Waals surface area contributed by atoms with Crippen molar-refractivity contribution in [3.05, 3.63) is 67.1 Å². The van der Waals surface area contributed by atoms with E-state index in [9.17, 15) is 0 Å². The number of nitrogen functional groups attached to an aromatic ring is 1. The Hall–Kier alpha value is -2.88. The molecule has 0 aliphatic heterocycles. The average Bonchev–Trinajstić information content (AvgIpc) is 2.50. The first-order valence-electron chi connectivity index (χ1n) is 6.31. The molecule has 98 valence electrons. The maximum absolute atomic E-state index is 5.85. The van der Waals surface area contributed by atoms with Crippen molar-refractivity contribution in [3.8, 4) is 11.1 Å². The number of nitrogens with zero attached hydrogens (tertiary/aromatic N) is 2. The Labute approximate surface area is 117 Å².